The molecule has 19 heavy (non-hydrogen) atoms. The monoisotopic (exact) mass is 266 g/mol. The molecule has 0 aliphatic heterocycles. The van der Waals surface area contributed by atoms with Crippen molar-refractivity contribution in [1.29, 1.82) is 0 Å². The largest absolute Gasteiger partial charge is 0.443 e. The molecule has 0 fully saturated rings. The molecule has 2 amide bonds. The van der Waals surface area contributed by atoms with Gasteiger partial charge in [-0.2, -0.15) is 0 Å². The van der Waals surface area contributed by atoms with Gasteiger partial charge in [0.25, 0.3) is 0 Å². The standard InChI is InChI=1S/C13H18N2O4/c1-13(2,3)19-12(17)15-14-11(16)18-9-10-7-5-4-6-8-10/h4-8H,9H2,1-3H3,(H,14,16)(H,15,17). The van der Waals surface area contributed by atoms with Gasteiger partial charge in [-0.25, -0.2) is 20.4 Å². The Morgan fingerprint density at radius 3 is 2.21 bits per heavy atom. The van der Waals surface area contributed by atoms with Crippen LogP contribution >= 0.6 is 0 Å². The minimum atomic E-state index is -0.755. The third-order valence-electron chi connectivity index (χ3n) is 1.88. The van der Waals surface area contributed by atoms with Gasteiger partial charge >= 0.3 is 12.2 Å². The molecule has 0 aliphatic carbocycles. The smallest absolute Gasteiger partial charge is 0.426 e. The predicted octanol–water partition coefficient (Wildman–Crippen LogP) is 2.35. The number of amides is 2. The number of rotatable bonds is 2. The van der Waals surface area contributed by atoms with Crippen LogP contribution in [-0.4, -0.2) is 17.8 Å². The summed E-state index contributed by atoms with van der Waals surface area (Å²) in [6.07, 6.45) is -1.50. The summed E-state index contributed by atoms with van der Waals surface area (Å²) >= 11 is 0. The van der Waals surface area contributed by atoms with E-state index in [1.807, 2.05) is 30.3 Å². The SMILES string of the molecule is CC(C)(C)OC(=O)NNC(=O)OCc1ccccc1. The number of hydrogen-bond acceptors (Lipinski definition) is 4. The van der Waals surface area contributed by atoms with Gasteiger partial charge in [-0.15, -0.1) is 0 Å². The lowest BCUT2D eigenvalue weighted by atomic mass is 10.2. The first kappa shape index (κ1) is 14.8. The highest BCUT2D eigenvalue weighted by Crippen LogP contribution is 2.06. The number of benzene rings is 1. The zero-order valence-electron chi connectivity index (χ0n) is 11.2. The van der Waals surface area contributed by atoms with Crippen molar-refractivity contribution in [3.05, 3.63) is 35.9 Å². The fourth-order valence-corrected chi connectivity index (χ4v) is 1.16. The Morgan fingerprint density at radius 2 is 1.63 bits per heavy atom. The molecule has 1 aromatic carbocycles. The lowest BCUT2D eigenvalue weighted by Crippen LogP contribution is -2.44. The van der Waals surface area contributed by atoms with Crippen molar-refractivity contribution in [2.45, 2.75) is 33.0 Å². The van der Waals surface area contributed by atoms with Crippen molar-refractivity contribution >= 4 is 12.2 Å². The molecule has 0 radical (unpaired) electrons. The van der Waals surface area contributed by atoms with Crippen LogP contribution in [0.1, 0.15) is 26.3 Å². The maximum Gasteiger partial charge on any atom is 0.426 e. The topological polar surface area (TPSA) is 76.7 Å². The minimum absolute atomic E-state index is 0.128. The summed E-state index contributed by atoms with van der Waals surface area (Å²) in [6, 6.07) is 9.21. The molecule has 0 aromatic heterocycles. The van der Waals surface area contributed by atoms with Crippen molar-refractivity contribution in [3.8, 4) is 0 Å². The number of hydrazine groups is 1. The van der Waals surface area contributed by atoms with E-state index in [2.05, 4.69) is 10.9 Å². The van der Waals surface area contributed by atoms with Crippen LogP contribution in [-0.2, 0) is 16.1 Å². The normalized spacial score (nSPS) is 10.5. The van der Waals surface area contributed by atoms with Crippen LogP contribution in [0.15, 0.2) is 30.3 Å². The third kappa shape index (κ3) is 6.92. The Bertz CT molecular complexity index is 426. The molecule has 0 saturated heterocycles. The molecule has 1 rings (SSSR count). The molecule has 1 aromatic rings. The molecule has 6 nitrogen and oxygen atoms in total. The summed E-state index contributed by atoms with van der Waals surface area (Å²) in [6.45, 7) is 5.30. The van der Waals surface area contributed by atoms with Gasteiger partial charge < -0.3 is 9.47 Å². The number of hydrogen-bond donors (Lipinski definition) is 2. The molecule has 0 unspecified atom stereocenters. The zero-order valence-corrected chi connectivity index (χ0v) is 11.2. The Kier molecular flexibility index (Phi) is 5.17. The van der Waals surface area contributed by atoms with E-state index in [1.54, 1.807) is 20.8 Å². The molecular weight excluding hydrogens is 248 g/mol. The highest BCUT2D eigenvalue weighted by atomic mass is 16.6. The van der Waals surface area contributed by atoms with Gasteiger partial charge in [0, 0.05) is 0 Å². The highest BCUT2D eigenvalue weighted by Gasteiger charge is 2.16. The summed E-state index contributed by atoms with van der Waals surface area (Å²) in [5.41, 5.74) is 4.41. The molecule has 0 heterocycles. The molecule has 0 atom stereocenters. The molecule has 0 bridgehead atoms. The van der Waals surface area contributed by atoms with Gasteiger partial charge in [0.15, 0.2) is 0 Å². The van der Waals surface area contributed by atoms with Crippen molar-refractivity contribution in [2.24, 2.45) is 0 Å². The van der Waals surface area contributed by atoms with Crippen molar-refractivity contribution < 1.29 is 19.1 Å². The lowest BCUT2D eigenvalue weighted by Gasteiger charge is -2.19. The summed E-state index contributed by atoms with van der Waals surface area (Å²) in [4.78, 5) is 22.5. The molecule has 0 saturated carbocycles. The van der Waals surface area contributed by atoms with Crippen LogP contribution in [0.3, 0.4) is 0 Å². The van der Waals surface area contributed by atoms with Crippen LogP contribution in [0.5, 0.6) is 0 Å². The summed E-state index contributed by atoms with van der Waals surface area (Å²) in [7, 11) is 0. The second-order valence-electron chi connectivity index (χ2n) is 4.81. The van der Waals surface area contributed by atoms with Crippen LogP contribution in [0.4, 0.5) is 9.59 Å². The lowest BCUT2D eigenvalue weighted by molar-refractivity contribution is 0.0484. The average molecular weight is 266 g/mol. The molecule has 0 aliphatic rings. The fourth-order valence-electron chi connectivity index (χ4n) is 1.16. The number of carbonyl (C=O) groups is 2. The van der Waals surface area contributed by atoms with Crippen LogP contribution in [0, 0.1) is 0 Å². The molecule has 2 N–H and O–H groups in total. The summed E-state index contributed by atoms with van der Waals surface area (Å²) in [5.74, 6) is 0. The Labute approximate surface area is 112 Å². The number of ether oxygens (including phenoxy) is 2. The number of nitrogens with one attached hydrogen (secondary N) is 2. The van der Waals surface area contributed by atoms with E-state index in [9.17, 15) is 9.59 Å². The van der Waals surface area contributed by atoms with E-state index in [0.717, 1.165) is 5.56 Å². The van der Waals surface area contributed by atoms with Crippen LogP contribution in [0.2, 0.25) is 0 Å². The fraction of sp³-hybridized carbons (Fsp3) is 0.385. The zero-order chi connectivity index (χ0) is 14.3. The Morgan fingerprint density at radius 1 is 1.05 bits per heavy atom. The van der Waals surface area contributed by atoms with Crippen molar-refractivity contribution in [2.75, 3.05) is 0 Å². The minimum Gasteiger partial charge on any atom is -0.443 e. The van der Waals surface area contributed by atoms with E-state index in [1.165, 1.54) is 0 Å². The van der Waals surface area contributed by atoms with Crippen LogP contribution in [0.25, 0.3) is 0 Å². The van der Waals surface area contributed by atoms with Crippen molar-refractivity contribution in [3.63, 3.8) is 0 Å². The predicted molar refractivity (Wildman–Crippen MR) is 69.1 cm³/mol. The van der Waals surface area contributed by atoms with E-state index >= 15 is 0 Å². The van der Waals surface area contributed by atoms with E-state index in [4.69, 9.17) is 9.47 Å². The van der Waals surface area contributed by atoms with Gasteiger partial charge in [0.2, 0.25) is 0 Å². The maximum atomic E-state index is 11.3. The van der Waals surface area contributed by atoms with Gasteiger partial charge in [0.1, 0.15) is 12.2 Å². The molecule has 0 spiro atoms. The van der Waals surface area contributed by atoms with Gasteiger partial charge in [-0.05, 0) is 26.3 Å². The van der Waals surface area contributed by atoms with E-state index in [-0.39, 0.29) is 6.61 Å². The maximum absolute atomic E-state index is 11.3. The summed E-state index contributed by atoms with van der Waals surface area (Å²) in [5, 5.41) is 0. The van der Waals surface area contributed by atoms with E-state index in [0.29, 0.717) is 0 Å². The van der Waals surface area contributed by atoms with Gasteiger partial charge in [0.05, 0.1) is 0 Å². The number of carbonyl (C=O) groups excluding carboxylic acids is 2. The van der Waals surface area contributed by atoms with E-state index < -0.39 is 17.8 Å². The first-order valence-electron chi connectivity index (χ1n) is 5.82. The van der Waals surface area contributed by atoms with Crippen molar-refractivity contribution in [1.82, 2.24) is 10.9 Å². The molecule has 104 valence electrons. The average Bonchev–Trinajstić information content (AvgIpc) is 2.33. The second-order valence-corrected chi connectivity index (χ2v) is 4.81. The Balaban J connectivity index is 2.23. The van der Waals surface area contributed by atoms with Gasteiger partial charge in [-0.3, -0.25) is 0 Å². The molecular formula is C13H18N2O4. The first-order valence-corrected chi connectivity index (χ1v) is 5.82. The first-order chi connectivity index (χ1) is 8.87. The quantitative estimate of drug-likeness (QED) is 0.805. The second kappa shape index (κ2) is 6.63. The van der Waals surface area contributed by atoms with Crippen LogP contribution < -0.4 is 10.9 Å². The molecule has 6 heteroatoms. The third-order valence-corrected chi connectivity index (χ3v) is 1.88. The highest BCUT2D eigenvalue weighted by molar-refractivity contribution is 5.73. The summed E-state index contributed by atoms with van der Waals surface area (Å²) < 4.78 is 9.82. The van der Waals surface area contributed by atoms with Gasteiger partial charge in [-0.1, -0.05) is 30.3 Å². The Hall–Kier alpha value is -2.24.